The topological polar surface area (TPSA) is 111 Å². The number of hydrogen-bond acceptors (Lipinski definition) is 12. The lowest BCUT2D eigenvalue weighted by Crippen LogP contribution is -2.70. The van der Waals surface area contributed by atoms with Crippen LogP contribution in [0.1, 0.15) is 80.9 Å². The van der Waals surface area contributed by atoms with Crippen LogP contribution in [0.4, 0.5) is 0 Å². The second-order valence-electron chi connectivity index (χ2n) is 18.0. The Kier molecular flexibility index (Phi) is 13.9. The molecule has 2 spiro atoms. The molecule has 2 saturated carbocycles. The lowest BCUT2D eigenvalue weighted by atomic mass is 9.89. The second kappa shape index (κ2) is 20.3. The number of benzene rings is 4. The highest BCUT2D eigenvalue weighted by Crippen LogP contribution is 2.46. The summed E-state index contributed by atoms with van der Waals surface area (Å²) in [6, 6.07) is 37.9. The Morgan fingerprint density at radius 2 is 0.891 bits per heavy atom. The van der Waals surface area contributed by atoms with Gasteiger partial charge in [0.05, 0.1) is 40.1 Å². The molecule has 0 bridgehead atoms. The zero-order valence-electron chi connectivity index (χ0n) is 36.7. The van der Waals surface area contributed by atoms with Gasteiger partial charge in [0.25, 0.3) is 0 Å². The Morgan fingerprint density at radius 1 is 0.469 bits per heavy atom. The molecule has 0 unspecified atom stereocenters. The van der Waals surface area contributed by atoms with Gasteiger partial charge in [-0.15, -0.1) is 0 Å². The van der Waals surface area contributed by atoms with Crippen molar-refractivity contribution >= 4 is 0 Å². The van der Waals surface area contributed by atoms with E-state index in [0.29, 0.717) is 37.9 Å². The predicted octanol–water partition coefficient (Wildman–Crippen LogP) is 8.82. The SMILES string of the molecule is COc1ccc(O[C@@H]2O[C@@H]3COC4(CCCCC4)O[C@H]3[C@H](O[C@H]3O[C@@H]4COC5(CCCCC5)O[C@H]4[C@H](OCc4ccccc4)[C@H]3OCc3ccccc3)[C@H]2OCc2ccccc2)cc1. The van der Waals surface area contributed by atoms with Gasteiger partial charge in [-0.3, -0.25) is 0 Å². The third kappa shape index (κ3) is 10.1. The van der Waals surface area contributed by atoms with Crippen molar-refractivity contribution in [2.75, 3.05) is 20.3 Å². The Labute approximate surface area is 376 Å². The van der Waals surface area contributed by atoms with Gasteiger partial charge in [-0.05, 0) is 66.6 Å². The minimum Gasteiger partial charge on any atom is -0.497 e. The van der Waals surface area contributed by atoms with E-state index in [1.165, 1.54) is 0 Å². The Bertz CT molecular complexity index is 2030. The number of ether oxygens (including phenoxy) is 12. The van der Waals surface area contributed by atoms with Gasteiger partial charge in [-0.25, -0.2) is 0 Å². The van der Waals surface area contributed by atoms with Crippen LogP contribution in [0.3, 0.4) is 0 Å². The van der Waals surface area contributed by atoms with Crippen LogP contribution in [-0.2, 0) is 67.2 Å². The molecule has 0 amide bonds. The standard InChI is InChI=1S/C52H62O12/c1-53-39-23-25-40(26-24-39)59-49-48(56-33-38-21-11-4-12-22-38)46(44-42(60-49)35-58-52(64-44)29-15-6-16-30-52)62-50-47(55-32-37-19-9-3-10-20-37)45(54-31-36-17-7-2-8-18-36)43-41(61-50)34-57-51(63-43)27-13-5-14-28-51/h2-4,7-12,17-26,41-50H,5-6,13-16,27-35H2,1H3/t41-,42-,43-,44-,45+,46+,47-,48-,49-,50-/m1/s1. The van der Waals surface area contributed by atoms with E-state index in [4.69, 9.17) is 56.8 Å². The number of fused-ring (bicyclic) bond motifs is 2. The van der Waals surface area contributed by atoms with Crippen molar-refractivity contribution in [1.29, 1.82) is 0 Å². The molecular weight excluding hydrogens is 817 g/mol. The van der Waals surface area contributed by atoms with Crippen molar-refractivity contribution in [1.82, 2.24) is 0 Å². The van der Waals surface area contributed by atoms with Gasteiger partial charge in [-0.2, -0.15) is 0 Å². The van der Waals surface area contributed by atoms with Gasteiger partial charge in [0.1, 0.15) is 60.3 Å². The van der Waals surface area contributed by atoms with Gasteiger partial charge in [0.15, 0.2) is 17.9 Å². The highest BCUT2D eigenvalue weighted by molar-refractivity contribution is 5.31. The highest BCUT2D eigenvalue weighted by atomic mass is 16.8. The van der Waals surface area contributed by atoms with Crippen LogP contribution in [0.5, 0.6) is 11.5 Å². The summed E-state index contributed by atoms with van der Waals surface area (Å²) >= 11 is 0. The van der Waals surface area contributed by atoms with Gasteiger partial charge >= 0.3 is 0 Å². The molecule has 4 aliphatic heterocycles. The number of methoxy groups -OCH3 is 1. The van der Waals surface area contributed by atoms with Gasteiger partial charge in [-0.1, -0.05) is 104 Å². The molecule has 0 N–H and O–H groups in total. The van der Waals surface area contributed by atoms with Crippen molar-refractivity contribution < 1.29 is 56.8 Å². The number of hydrogen-bond donors (Lipinski definition) is 0. The summed E-state index contributed by atoms with van der Waals surface area (Å²) in [5.41, 5.74) is 3.04. The van der Waals surface area contributed by atoms with E-state index in [1.54, 1.807) is 7.11 Å². The molecular formula is C52H62O12. The Hall–Kier alpha value is -3.92. The van der Waals surface area contributed by atoms with E-state index < -0.39 is 73.0 Å². The molecule has 4 aromatic carbocycles. The zero-order chi connectivity index (χ0) is 43.2. The normalized spacial score (nSPS) is 32.0. The lowest BCUT2D eigenvalue weighted by Gasteiger charge is -2.56. The molecule has 12 nitrogen and oxygen atoms in total. The third-order valence-electron chi connectivity index (χ3n) is 13.6. The molecule has 4 heterocycles. The maximum Gasteiger partial charge on any atom is 0.229 e. The van der Waals surface area contributed by atoms with E-state index in [0.717, 1.165) is 80.9 Å². The van der Waals surface area contributed by atoms with Crippen LogP contribution in [0, 0.1) is 0 Å². The van der Waals surface area contributed by atoms with Crippen LogP contribution in [0.15, 0.2) is 115 Å². The first-order valence-corrected chi connectivity index (χ1v) is 23.4. The van der Waals surface area contributed by atoms with E-state index in [1.807, 2.05) is 91.0 Å². The zero-order valence-corrected chi connectivity index (χ0v) is 36.7. The van der Waals surface area contributed by atoms with E-state index in [2.05, 4.69) is 24.3 Å². The lowest BCUT2D eigenvalue weighted by molar-refractivity contribution is -0.431. The smallest absolute Gasteiger partial charge is 0.229 e. The van der Waals surface area contributed by atoms with E-state index in [9.17, 15) is 0 Å². The van der Waals surface area contributed by atoms with Crippen molar-refractivity contribution in [3.63, 3.8) is 0 Å². The molecule has 4 saturated heterocycles. The average molecular weight is 879 g/mol. The highest BCUT2D eigenvalue weighted by Gasteiger charge is 2.60. The molecule has 4 aromatic rings. The Morgan fingerprint density at radius 3 is 1.38 bits per heavy atom. The van der Waals surface area contributed by atoms with E-state index in [-0.39, 0.29) is 6.61 Å². The van der Waals surface area contributed by atoms with Crippen molar-refractivity contribution in [2.24, 2.45) is 0 Å². The summed E-state index contributed by atoms with van der Waals surface area (Å²) in [6.07, 6.45) is 2.61. The van der Waals surface area contributed by atoms with Gasteiger partial charge in [0, 0.05) is 25.7 Å². The molecule has 10 atom stereocenters. The molecule has 64 heavy (non-hydrogen) atoms. The summed E-state index contributed by atoms with van der Waals surface area (Å²) in [7, 11) is 1.64. The molecule has 6 aliphatic rings. The molecule has 0 radical (unpaired) electrons. The average Bonchev–Trinajstić information content (AvgIpc) is 3.34. The van der Waals surface area contributed by atoms with Gasteiger partial charge < -0.3 is 56.8 Å². The predicted molar refractivity (Wildman–Crippen MR) is 234 cm³/mol. The van der Waals surface area contributed by atoms with Crippen molar-refractivity contribution in [3.8, 4) is 11.5 Å². The summed E-state index contributed by atoms with van der Waals surface area (Å²) in [5.74, 6) is -0.165. The summed E-state index contributed by atoms with van der Waals surface area (Å²) < 4.78 is 82.1. The van der Waals surface area contributed by atoms with Crippen LogP contribution >= 0.6 is 0 Å². The monoisotopic (exact) mass is 878 g/mol. The maximum absolute atomic E-state index is 7.49. The molecule has 2 aliphatic carbocycles. The molecule has 12 heteroatoms. The van der Waals surface area contributed by atoms with Crippen LogP contribution in [-0.4, -0.2) is 93.3 Å². The fourth-order valence-electron chi connectivity index (χ4n) is 10.2. The summed E-state index contributed by atoms with van der Waals surface area (Å²) in [4.78, 5) is 0. The first-order valence-electron chi connectivity index (χ1n) is 23.4. The maximum atomic E-state index is 7.49. The molecule has 6 fully saturated rings. The third-order valence-corrected chi connectivity index (χ3v) is 13.6. The fraction of sp³-hybridized carbons (Fsp3) is 0.538. The summed E-state index contributed by atoms with van der Waals surface area (Å²) in [6.45, 7) is 1.53. The first kappa shape index (κ1) is 43.9. The Balaban J connectivity index is 1.03. The minimum atomic E-state index is -0.972. The minimum absolute atomic E-state index is 0.271. The quantitative estimate of drug-likeness (QED) is 0.121. The largest absolute Gasteiger partial charge is 0.497 e. The van der Waals surface area contributed by atoms with Crippen molar-refractivity contribution in [2.45, 2.75) is 157 Å². The molecule has 0 aromatic heterocycles. The van der Waals surface area contributed by atoms with Crippen LogP contribution in [0.2, 0.25) is 0 Å². The van der Waals surface area contributed by atoms with Crippen molar-refractivity contribution in [3.05, 3.63) is 132 Å². The van der Waals surface area contributed by atoms with E-state index >= 15 is 0 Å². The molecule has 10 rings (SSSR count). The second-order valence-corrected chi connectivity index (χ2v) is 18.0. The number of rotatable bonds is 14. The summed E-state index contributed by atoms with van der Waals surface area (Å²) in [5, 5.41) is 0. The first-order chi connectivity index (χ1) is 31.5. The molecule has 342 valence electrons. The van der Waals surface area contributed by atoms with Gasteiger partial charge in [0.2, 0.25) is 6.29 Å². The fourth-order valence-corrected chi connectivity index (χ4v) is 10.2. The van der Waals surface area contributed by atoms with Crippen LogP contribution in [0.25, 0.3) is 0 Å². The van der Waals surface area contributed by atoms with Crippen LogP contribution < -0.4 is 9.47 Å².